The van der Waals surface area contributed by atoms with E-state index in [2.05, 4.69) is 18.2 Å². The fourth-order valence-corrected chi connectivity index (χ4v) is 2.00. The van der Waals surface area contributed by atoms with Crippen LogP contribution in [0.25, 0.3) is 0 Å². The summed E-state index contributed by atoms with van der Waals surface area (Å²) in [5.41, 5.74) is 2.70. The lowest BCUT2D eigenvalue weighted by atomic mass is 10.0. The summed E-state index contributed by atoms with van der Waals surface area (Å²) in [6.45, 7) is 2.67. The first-order chi connectivity index (χ1) is 7.25. The van der Waals surface area contributed by atoms with Crippen LogP contribution in [-0.2, 0) is 12.8 Å². The maximum absolute atomic E-state index is 9.17. The van der Waals surface area contributed by atoms with Gasteiger partial charge in [-0.05, 0) is 43.4 Å². The second kappa shape index (κ2) is 4.67. The molecule has 0 aromatic heterocycles. The van der Waals surface area contributed by atoms with Gasteiger partial charge in [0.25, 0.3) is 0 Å². The predicted octanol–water partition coefficient (Wildman–Crippen LogP) is 2.33. The maximum Gasteiger partial charge on any atom is 0.122 e. The van der Waals surface area contributed by atoms with Gasteiger partial charge in [0.15, 0.2) is 0 Å². The highest BCUT2D eigenvalue weighted by Gasteiger charge is 2.11. The molecule has 1 aliphatic rings. The molecule has 0 aliphatic carbocycles. The molecule has 0 radical (unpaired) electrons. The second-order valence-electron chi connectivity index (χ2n) is 4.28. The van der Waals surface area contributed by atoms with Gasteiger partial charge >= 0.3 is 0 Å². The molecule has 0 saturated carbocycles. The van der Waals surface area contributed by atoms with Crippen LogP contribution in [0.3, 0.4) is 0 Å². The van der Waals surface area contributed by atoms with Gasteiger partial charge in [0.05, 0.1) is 12.7 Å². The first-order valence-electron chi connectivity index (χ1n) is 5.68. The van der Waals surface area contributed by atoms with E-state index in [1.807, 2.05) is 6.92 Å². The van der Waals surface area contributed by atoms with E-state index < -0.39 is 0 Å². The van der Waals surface area contributed by atoms with Crippen molar-refractivity contribution in [3.63, 3.8) is 0 Å². The Hall–Kier alpha value is -1.02. The lowest BCUT2D eigenvalue weighted by Crippen LogP contribution is -1.99. The summed E-state index contributed by atoms with van der Waals surface area (Å²) in [7, 11) is 0. The van der Waals surface area contributed by atoms with Crippen LogP contribution in [0.5, 0.6) is 5.75 Å². The molecule has 15 heavy (non-hydrogen) atoms. The standard InChI is InChI=1S/C13H18O2/c1-10(14)3-2-4-11-5-6-13-12(9-11)7-8-15-13/h5-6,9-10,14H,2-4,7-8H2,1H3. The third kappa shape index (κ3) is 2.72. The van der Waals surface area contributed by atoms with E-state index >= 15 is 0 Å². The predicted molar refractivity (Wildman–Crippen MR) is 60.3 cm³/mol. The molecule has 0 bridgehead atoms. The minimum absolute atomic E-state index is 0.178. The molecular weight excluding hydrogens is 188 g/mol. The number of aliphatic hydroxyl groups is 1. The molecule has 1 unspecified atom stereocenters. The van der Waals surface area contributed by atoms with Crippen LogP contribution >= 0.6 is 0 Å². The summed E-state index contributed by atoms with van der Waals surface area (Å²) in [5, 5.41) is 9.17. The number of rotatable bonds is 4. The molecule has 1 aliphatic heterocycles. The zero-order chi connectivity index (χ0) is 10.7. The summed E-state index contributed by atoms with van der Waals surface area (Å²) in [6, 6.07) is 6.44. The molecule has 2 rings (SSSR count). The van der Waals surface area contributed by atoms with Crippen LogP contribution in [0.1, 0.15) is 30.9 Å². The fourth-order valence-electron chi connectivity index (χ4n) is 2.00. The van der Waals surface area contributed by atoms with Gasteiger partial charge in [-0.15, -0.1) is 0 Å². The summed E-state index contributed by atoms with van der Waals surface area (Å²) in [4.78, 5) is 0. The van der Waals surface area contributed by atoms with E-state index in [-0.39, 0.29) is 6.10 Å². The molecule has 0 spiro atoms. The smallest absolute Gasteiger partial charge is 0.122 e. The van der Waals surface area contributed by atoms with Crippen molar-refractivity contribution in [2.75, 3.05) is 6.61 Å². The number of aryl methyl sites for hydroxylation is 1. The molecule has 82 valence electrons. The highest BCUT2D eigenvalue weighted by atomic mass is 16.5. The molecule has 1 heterocycles. The van der Waals surface area contributed by atoms with Gasteiger partial charge in [-0.1, -0.05) is 12.1 Å². The van der Waals surface area contributed by atoms with Gasteiger partial charge in [0.1, 0.15) is 5.75 Å². The van der Waals surface area contributed by atoms with Crippen molar-refractivity contribution in [1.82, 2.24) is 0 Å². The van der Waals surface area contributed by atoms with E-state index in [1.165, 1.54) is 11.1 Å². The van der Waals surface area contributed by atoms with E-state index in [9.17, 15) is 0 Å². The fraction of sp³-hybridized carbons (Fsp3) is 0.538. The summed E-state index contributed by atoms with van der Waals surface area (Å²) in [5.74, 6) is 1.05. The Morgan fingerprint density at radius 2 is 2.33 bits per heavy atom. The van der Waals surface area contributed by atoms with E-state index in [0.29, 0.717) is 0 Å². The number of aliphatic hydroxyl groups excluding tert-OH is 1. The maximum atomic E-state index is 9.17. The molecule has 1 atom stereocenters. The lowest BCUT2D eigenvalue weighted by molar-refractivity contribution is 0.182. The zero-order valence-corrected chi connectivity index (χ0v) is 9.20. The van der Waals surface area contributed by atoms with Crippen molar-refractivity contribution < 1.29 is 9.84 Å². The van der Waals surface area contributed by atoms with E-state index in [0.717, 1.165) is 38.0 Å². The molecule has 0 saturated heterocycles. The highest BCUT2D eigenvalue weighted by Crippen LogP contribution is 2.26. The van der Waals surface area contributed by atoms with Crippen molar-refractivity contribution in [2.45, 2.75) is 38.7 Å². The third-order valence-electron chi connectivity index (χ3n) is 2.84. The molecule has 1 aromatic carbocycles. The Bertz CT molecular complexity index is 331. The van der Waals surface area contributed by atoms with Crippen LogP contribution in [-0.4, -0.2) is 17.8 Å². The van der Waals surface area contributed by atoms with Gasteiger partial charge in [-0.25, -0.2) is 0 Å². The SMILES string of the molecule is CC(O)CCCc1ccc2c(c1)CCO2. The average Bonchev–Trinajstić information content (AvgIpc) is 2.64. The summed E-state index contributed by atoms with van der Waals surface area (Å²) >= 11 is 0. The van der Waals surface area contributed by atoms with Gasteiger partial charge in [-0.3, -0.25) is 0 Å². The Morgan fingerprint density at radius 1 is 1.47 bits per heavy atom. The Kier molecular flexibility index (Phi) is 3.27. The first-order valence-corrected chi connectivity index (χ1v) is 5.68. The molecular formula is C13H18O2. The van der Waals surface area contributed by atoms with Crippen molar-refractivity contribution in [3.05, 3.63) is 29.3 Å². The Balaban J connectivity index is 1.92. The number of ether oxygens (including phenoxy) is 1. The minimum atomic E-state index is -0.178. The second-order valence-corrected chi connectivity index (χ2v) is 4.28. The van der Waals surface area contributed by atoms with E-state index in [4.69, 9.17) is 9.84 Å². The van der Waals surface area contributed by atoms with Crippen molar-refractivity contribution in [3.8, 4) is 5.75 Å². The number of fused-ring (bicyclic) bond motifs is 1. The van der Waals surface area contributed by atoms with Gasteiger partial charge in [0.2, 0.25) is 0 Å². The summed E-state index contributed by atoms with van der Waals surface area (Å²) < 4.78 is 5.46. The van der Waals surface area contributed by atoms with Crippen LogP contribution in [0, 0.1) is 0 Å². The van der Waals surface area contributed by atoms with Gasteiger partial charge in [-0.2, -0.15) is 0 Å². The number of hydrogen-bond donors (Lipinski definition) is 1. The quantitative estimate of drug-likeness (QED) is 0.819. The molecule has 1 aromatic rings. The first kappa shape index (κ1) is 10.5. The largest absolute Gasteiger partial charge is 0.493 e. The third-order valence-corrected chi connectivity index (χ3v) is 2.84. The lowest BCUT2D eigenvalue weighted by Gasteiger charge is -2.05. The Labute approximate surface area is 90.9 Å². The molecule has 2 nitrogen and oxygen atoms in total. The van der Waals surface area contributed by atoms with Crippen LogP contribution in [0.4, 0.5) is 0 Å². The van der Waals surface area contributed by atoms with Crippen LogP contribution in [0.15, 0.2) is 18.2 Å². The number of benzene rings is 1. The van der Waals surface area contributed by atoms with Crippen LogP contribution in [0.2, 0.25) is 0 Å². The average molecular weight is 206 g/mol. The summed E-state index contributed by atoms with van der Waals surface area (Å²) in [6.07, 6.45) is 3.85. The van der Waals surface area contributed by atoms with Crippen molar-refractivity contribution in [1.29, 1.82) is 0 Å². The van der Waals surface area contributed by atoms with Crippen molar-refractivity contribution in [2.24, 2.45) is 0 Å². The van der Waals surface area contributed by atoms with Crippen LogP contribution < -0.4 is 4.74 Å². The topological polar surface area (TPSA) is 29.5 Å². The zero-order valence-electron chi connectivity index (χ0n) is 9.20. The molecule has 0 amide bonds. The molecule has 0 fully saturated rings. The molecule has 1 N–H and O–H groups in total. The Morgan fingerprint density at radius 3 is 3.13 bits per heavy atom. The highest BCUT2D eigenvalue weighted by molar-refractivity contribution is 5.39. The monoisotopic (exact) mass is 206 g/mol. The van der Waals surface area contributed by atoms with Gasteiger partial charge in [0, 0.05) is 6.42 Å². The van der Waals surface area contributed by atoms with Crippen molar-refractivity contribution >= 4 is 0 Å². The van der Waals surface area contributed by atoms with Gasteiger partial charge < -0.3 is 9.84 Å². The van der Waals surface area contributed by atoms with E-state index in [1.54, 1.807) is 0 Å². The molecule has 2 heteroatoms. The number of hydrogen-bond acceptors (Lipinski definition) is 2. The minimum Gasteiger partial charge on any atom is -0.493 e. The normalized spacial score (nSPS) is 15.9.